The molecule has 0 spiro atoms. The quantitative estimate of drug-likeness (QED) is 0.873. The molecule has 0 amide bonds. The molecule has 0 bridgehead atoms. The number of rotatable bonds is 6. The summed E-state index contributed by atoms with van der Waals surface area (Å²) in [6.07, 6.45) is 1.19. The number of nitrogens with one attached hydrogen (secondary N) is 1. The van der Waals surface area contributed by atoms with E-state index in [1.54, 1.807) is 14.2 Å². The molecule has 0 aliphatic heterocycles. The Morgan fingerprint density at radius 1 is 1.14 bits per heavy atom. The van der Waals surface area contributed by atoms with E-state index in [2.05, 4.69) is 35.6 Å². The van der Waals surface area contributed by atoms with Crippen molar-refractivity contribution in [1.82, 2.24) is 5.32 Å². The van der Waals surface area contributed by atoms with E-state index in [0.717, 1.165) is 12.1 Å². The van der Waals surface area contributed by atoms with E-state index < -0.39 is 0 Å². The van der Waals surface area contributed by atoms with Crippen molar-refractivity contribution < 1.29 is 9.47 Å². The molecule has 116 valence electrons. The van der Waals surface area contributed by atoms with E-state index >= 15 is 0 Å². The van der Waals surface area contributed by atoms with Gasteiger partial charge < -0.3 is 14.8 Å². The van der Waals surface area contributed by atoms with Crippen molar-refractivity contribution in [1.29, 1.82) is 0 Å². The van der Waals surface area contributed by atoms with Gasteiger partial charge >= 0.3 is 0 Å². The maximum Gasteiger partial charge on any atom is 0.179 e. The highest BCUT2D eigenvalue weighted by molar-refractivity contribution is 6.32. The SMILES string of the molecule is COc1cc(CN[C@H]2CC2c2ccccc2)cc(Cl)c1OC. The van der Waals surface area contributed by atoms with E-state index in [4.69, 9.17) is 21.1 Å². The van der Waals surface area contributed by atoms with Crippen LogP contribution < -0.4 is 14.8 Å². The maximum atomic E-state index is 6.24. The molecule has 1 aliphatic carbocycles. The van der Waals surface area contributed by atoms with Crippen LogP contribution >= 0.6 is 11.6 Å². The van der Waals surface area contributed by atoms with Gasteiger partial charge in [-0.15, -0.1) is 0 Å². The molecule has 3 rings (SSSR count). The summed E-state index contributed by atoms with van der Waals surface area (Å²) in [7, 11) is 3.22. The van der Waals surface area contributed by atoms with Gasteiger partial charge in [0.1, 0.15) is 0 Å². The van der Waals surface area contributed by atoms with Crippen molar-refractivity contribution in [3.8, 4) is 11.5 Å². The Kier molecular flexibility index (Phi) is 4.55. The van der Waals surface area contributed by atoms with E-state index in [9.17, 15) is 0 Å². The zero-order chi connectivity index (χ0) is 15.5. The lowest BCUT2D eigenvalue weighted by Crippen LogP contribution is -2.17. The zero-order valence-electron chi connectivity index (χ0n) is 12.8. The van der Waals surface area contributed by atoms with Crippen molar-refractivity contribution in [3.63, 3.8) is 0 Å². The third-order valence-electron chi connectivity index (χ3n) is 4.08. The molecule has 1 unspecified atom stereocenters. The highest BCUT2D eigenvalue weighted by Gasteiger charge is 2.37. The van der Waals surface area contributed by atoms with Crippen LogP contribution in [0.3, 0.4) is 0 Å². The fourth-order valence-electron chi connectivity index (χ4n) is 2.81. The Bertz CT molecular complexity index is 645. The third-order valence-corrected chi connectivity index (χ3v) is 4.36. The van der Waals surface area contributed by atoms with Crippen LogP contribution in [0.15, 0.2) is 42.5 Å². The Morgan fingerprint density at radius 3 is 2.59 bits per heavy atom. The van der Waals surface area contributed by atoms with Crippen LogP contribution in [0.5, 0.6) is 11.5 Å². The first-order valence-electron chi connectivity index (χ1n) is 7.41. The lowest BCUT2D eigenvalue weighted by molar-refractivity contribution is 0.354. The van der Waals surface area contributed by atoms with Gasteiger partial charge in [0.15, 0.2) is 11.5 Å². The summed E-state index contributed by atoms with van der Waals surface area (Å²) >= 11 is 6.24. The number of hydrogen-bond acceptors (Lipinski definition) is 3. The lowest BCUT2D eigenvalue weighted by atomic mass is 10.1. The Labute approximate surface area is 136 Å². The highest BCUT2D eigenvalue weighted by Crippen LogP contribution is 2.41. The van der Waals surface area contributed by atoms with Gasteiger partial charge in [-0.25, -0.2) is 0 Å². The second-order valence-corrected chi connectivity index (χ2v) is 5.96. The Balaban J connectivity index is 1.62. The summed E-state index contributed by atoms with van der Waals surface area (Å²) in [5, 5.41) is 4.16. The van der Waals surface area contributed by atoms with Gasteiger partial charge in [-0.2, -0.15) is 0 Å². The van der Waals surface area contributed by atoms with Gasteiger partial charge in [0, 0.05) is 18.5 Å². The average Bonchev–Trinajstić information content (AvgIpc) is 3.33. The smallest absolute Gasteiger partial charge is 0.179 e. The molecule has 1 fully saturated rings. The Morgan fingerprint density at radius 2 is 1.91 bits per heavy atom. The third kappa shape index (κ3) is 3.21. The topological polar surface area (TPSA) is 30.5 Å². The molecular weight excluding hydrogens is 298 g/mol. The van der Waals surface area contributed by atoms with Crippen LogP contribution in [0, 0.1) is 0 Å². The van der Waals surface area contributed by atoms with Gasteiger partial charge in [-0.05, 0) is 29.7 Å². The number of methoxy groups -OCH3 is 2. The van der Waals surface area contributed by atoms with Crippen molar-refractivity contribution >= 4 is 11.6 Å². The summed E-state index contributed by atoms with van der Waals surface area (Å²) in [4.78, 5) is 0. The van der Waals surface area contributed by atoms with Gasteiger partial charge in [-0.3, -0.25) is 0 Å². The van der Waals surface area contributed by atoms with E-state index in [1.165, 1.54) is 12.0 Å². The molecule has 1 aliphatic rings. The van der Waals surface area contributed by atoms with Crippen molar-refractivity contribution in [2.75, 3.05) is 14.2 Å². The molecule has 2 aromatic carbocycles. The molecule has 1 saturated carbocycles. The second kappa shape index (κ2) is 6.59. The van der Waals surface area contributed by atoms with Crippen molar-refractivity contribution in [2.24, 2.45) is 0 Å². The minimum atomic E-state index is 0.536. The number of hydrogen-bond donors (Lipinski definition) is 1. The first-order valence-corrected chi connectivity index (χ1v) is 7.79. The largest absolute Gasteiger partial charge is 0.493 e. The van der Waals surface area contributed by atoms with Crippen LogP contribution in [-0.2, 0) is 6.54 Å². The standard InChI is InChI=1S/C18H20ClNO2/c1-21-17-9-12(8-15(19)18(17)22-2)11-20-16-10-14(16)13-6-4-3-5-7-13/h3-9,14,16,20H,10-11H2,1-2H3/t14?,16-/m0/s1. The van der Waals surface area contributed by atoms with E-state index in [-0.39, 0.29) is 0 Å². The van der Waals surface area contributed by atoms with Gasteiger partial charge in [0.25, 0.3) is 0 Å². The van der Waals surface area contributed by atoms with Crippen LogP contribution in [0.1, 0.15) is 23.5 Å². The molecule has 4 heteroatoms. The van der Waals surface area contributed by atoms with Crippen molar-refractivity contribution in [2.45, 2.75) is 24.9 Å². The highest BCUT2D eigenvalue weighted by atomic mass is 35.5. The normalized spacial score (nSPS) is 19.8. The second-order valence-electron chi connectivity index (χ2n) is 5.55. The molecular formula is C18H20ClNO2. The van der Waals surface area contributed by atoms with Gasteiger partial charge in [-0.1, -0.05) is 41.9 Å². The maximum absolute atomic E-state index is 6.24. The first-order chi connectivity index (χ1) is 10.7. The monoisotopic (exact) mass is 317 g/mol. The molecule has 0 aromatic heterocycles. The molecule has 0 radical (unpaired) electrons. The van der Waals surface area contributed by atoms with Gasteiger partial charge in [0.2, 0.25) is 0 Å². The average molecular weight is 318 g/mol. The predicted molar refractivity (Wildman–Crippen MR) is 89.0 cm³/mol. The van der Waals surface area contributed by atoms with Crippen molar-refractivity contribution in [3.05, 3.63) is 58.6 Å². The lowest BCUT2D eigenvalue weighted by Gasteiger charge is -2.12. The number of ether oxygens (including phenoxy) is 2. The molecule has 1 N–H and O–H groups in total. The molecule has 3 nitrogen and oxygen atoms in total. The Hall–Kier alpha value is -1.71. The fraction of sp³-hybridized carbons (Fsp3) is 0.333. The molecule has 0 heterocycles. The summed E-state index contributed by atoms with van der Waals surface area (Å²) in [6.45, 7) is 0.772. The molecule has 22 heavy (non-hydrogen) atoms. The fourth-order valence-corrected chi connectivity index (χ4v) is 3.12. The summed E-state index contributed by atoms with van der Waals surface area (Å²) in [5.74, 6) is 1.88. The predicted octanol–water partition coefficient (Wildman–Crippen LogP) is 4.00. The van der Waals surface area contributed by atoms with Crippen LogP contribution in [0.4, 0.5) is 0 Å². The summed E-state index contributed by atoms with van der Waals surface area (Å²) < 4.78 is 10.6. The van der Waals surface area contributed by atoms with Gasteiger partial charge in [0.05, 0.1) is 19.2 Å². The molecule has 2 atom stereocenters. The number of halogens is 1. The first kappa shape index (κ1) is 15.2. The zero-order valence-corrected chi connectivity index (χ0v) is 13.6. The van der Waals surface area contributed by atoms with Crippen LogP contribution in [-0.4, -0.2) is 20.3 Å². The minimum Gasteiger partial charge on any atom is -0.493 e. The molecule has 2 aromatic rings. The van der Waals surface area contributed by atoms with Crippen LogP contribution in [0.25, 0.3) is 0 Å². The van der Waals surface area contributed by atoms with Crippen LogP contribution in [0.2, 0.25) is 5.02 Å². The number of benzene rings is 2. The molecule has 0 saturated heterocycles. The van der Waals surface area contributed by atoms with E-state index in [0.29, 0.717) is 28.5 Å². The summed E-state index contributed by atoms with van der Waals surface area (Å²) in [6, 6.07) is 15.1. The summed E-state index contributed by atoms with van der Waals surface area (Å²) in [5.41, 5.74) is 2.51. The minimum absolute atomic E-state index is 0.536. The van der Waals surface area contributed by atoms with E-state index in [1.807, 2.05) is 12.1 Å².